The van der Waals surface area contributed by atoms with Crippen molar-refractivity contribution < 1.29 is 18.8 Å². The van der Waals surface area contributed by atoms with Gasteiger partial charge in [0.15, 0.2) is 0 Å². The molecule has 3 aromatic carbocycles. The van der Waals surface area contributed by atoms with Crippen LogP contribution in [-0.2, 0) is 18.8 Å². The molecule has 5 aromatic rings. The van der Waals surface area contributed by atoms with Gasteiger partial charge in [0.2, 0.25) is 0 Å². The van der Waals surface area contributed by atoms with Gasteiger partial charge in [-0.05, 0) is 22.9 Å². The molecule has 2 heterocycles. The van der Waals surface area contributed by atoms with E-state index in [0.29, 0.717) is 0 Å². The van der Waals surface area contributed by atoms with Crippen LogP contribution >= 0.6 is 9.42 Å². The van der Waals surface area contributed by atoms with E-state index in [0.717, 1.165) is 43.4 Å². The standard InChI is InChI=1S/C20H11N2.ClH.Pt/c1-3-13-5-7-15-11-16-8-6-14-4-2-10-22-20(14)18(16)12-17(15)19(13)21-9-1;;/h1-11H;1H;/q-1;;+2/p-1. The van der Waals surface area contributed by atoms with Crippen LogP contribution in [0.2, 0.25) is 0 Å². The second kappa shape index (κ2) is 6.47. The molecule has 0 unspecified atom stereocenters. The molecule has 2 aromatic heterocycles. The van der Waals surface area contributed by atoms with E-state index in [1.165, 1.54) is 0 Å². The third-order valence-corrected chi connectivity index (χ3v) is 4.17. The largest absolute Gasteiger partial charge is 0.294 e. The first-order valence-electron chi connectivity index (χ1n) is 7.39. The number of halogens is 1. The van der Waals surface area contributed by atoms with Gasteiger partial charge in [-0.25, -0.2) is 0 Å². The van der Waals surface area contributed by atoms with E-state index in [1.54, 1.807) is 18.8 Å². The summed E-state index contributed by atoms with van der Waals surface area (Å²) >= 11 is 1.61. The fraction of sp³-hybridized carbons (Fsp3) is 0. The topological polar surface area (TPSA) is 25.8 Å². The maximum atomic E-state index is 4.61. The second-order valence-corrected chi connectivity index (χ2v) is 5.48. The number of aromatic nitrogens is 2. The molecule has 118 valence electrons. The first-order valence-corrected chi connectivity index (χ1v) is 10.2. The summed E-state index contributed by atoms with van der Waals surface area (Å²) < 4.78 is 0. The molecule has 0 aliphatic heterocycles. The number of rotatable bonds is 0. The van der Waals surface area contributed by atoms with Crippen LogP contribution in [0.25, 0.3) is 43.4 Å². The van der Waals surface area contributed by atoms with Crippen LogP contribution < -0.4 is 0 Å². The maximum Gasteiger partial charge on any atom is 0.0183 e. The third kappa shape index (κ3) is 2.47. The Kier molecular flexibility index (Phi) is 4.18. The Labute approximate surface area is 154 Å². The van der Waals surface area contributed by atoms with Crippen molar-refractivity contribution in [1.82, 2.24) is 9.97 Å². The van der Waals surface area contributed by atoms with Crippen LogP contribution in [0.3, 0.4) is 0 Å². The van der Waals surface area contributed by atoms with E-state index >= 15 is 0 Å². The van der Waals surface area contributed by atoms with Crippen LogP contribution in [0.1, 0.15) is 0 Å². The zero-order chi connectivity index (χ0) is 16.5. The fourth-order valence-electron chi connectivity index (χ4n) is 3.12. The zero-order valence-electron chi connectivity index (χ0n) is 12.4. The summed E-state index contributed by atoms with van der Waals surface area (Å²) in [7, 11) is 4.61. The maximum absolute atomic E-state index is 4.61. The van der Waals surface area contributed by atoms with Gasteiger partial charge >= 0.3 is 28.2 Å². The summed E-state index contributed by atoms with van der Waals surface area (Å²) in [5, 5.41) is 6.72. The van der Waals surface area contributed by atoms with E-state index in [9.17, 15) is 0 Å². The normalized spacial score (nSPS) is 11.0. The molecule has 0 N–H and O–H groups in total. The van der Waals surface area contributed by atoms with E-state index in [-0.39, 0.29) is 0 Å². The molecule has 0 radical (unpaired) electrons. The van der Waals surface area contributed by atoms with Gasteiger partial charge < -0.3 is 0 Å². The van der Waals surface area contributed by atoms with E-state index in [4.69, 9.17) is 0 Å². The third-order valence-electron chi connectivity index (χ3n) is 4.17. The van der Waals surface area contributed by atoms with Crippen LogP contribution in [-0.4, -0.2) is 9.97 Å². The predicted molar refractivity (Wildman–Crippen MR) is 96.7 cm³/mol. The molecule has 0 saturated heterocycles. The summed E-state index contributed by atoms with van der Waals surface area (Å²) in [4.78, 5) is 9.09. The van der Waals surface area contributed by atoms with Gasteiger partial charge in [-0.3, -0.25) is 9.97 Å². The number of benzene rings is 3. The van der Waals surface area contributed by atoms with Crippen molar-refractivity contribution in [3.05, 3.63) is 73.1 Å². The fourth-order valence-corrected chi connectivity index (χ4v) is 3.12. The number of nitrogens with zero attached hydrogens (tertiary/aromatic N) is 2. The van der Waals surface area contributed by atoms with Gasteiger partial charge in [0.1, 0.15) is 0 Å². The summed E-state index contributed by atoms with van der Waals surface area (Å²) in [5.74, 6) is 0. The first kappa shape index (κ1) is 15.5. The minimum absolute atomic E-state index is 0.995. The van der Waals surface area contributed by atoms with E-state index < -0.39 is 0 Å². The van der Waals surface area contributed by atoms with E-state index in [1.807, 2.05) is 24.5 Å². The van der Waals surface area contributed by atoms with Crippen molar-refractivity contribution in [2.75, 3.05) is 0 Å². The Morgan fingerprint density at radius 3 is 1.62 bits per heavy atom. The Morgan fingerprint density at radius 1 is 0.667 bits per heavy atom. The van der Waals surface area contributed by atoms with Crippen molar-refractivity contribution in [3.63, 3.8) is 0 Å². The number of hydrogen-bond donors (Lipinski definition) is 0. The summed E-state index contributed by atoms with van der Waals surface area (Å²) in [6.45, 7) is 0. The molecule has 0 amide bonds. The Morgan fingerprint density at radius 2 is 1.12 bits per heavy atom. The van der Waals surface area contributed by atoms with Crippen LogP contribution in [0, 0.1) is 6.07 Å². The molecular weight excluding hydrogens is 499 g/mol. The molecule has 0 saturated carbocycles. The first-order chi connectivity index (χ1) is 11.9. The van der Waals surface area contributed by atoms with Gasteiger partial charge in [0.25, 0.3) is 0 Å². The molecule has 0 fully saturated rings. The molecule has 0 bridgehead atoms. The van der Waals surface area contributed by atoms with Crippen LogP contribution in [0.4, 0.5) is 0 Å². The molecular formula is C20H11ClN2Pt. The molecule has 4 heteroatoms. The molecule has 0 spiro atoms. The minimum Gasteiger partial charge on any atom is -0.294 e. The zero-order valence-corrected chi connectivity index (χ0v) is 15.5. The number of fused-ring (bicyclic) bond motifs is 6. The van der Waals surface area contributed by atoms with Crippen molar-refractivity contribution >= 4 is 52.8 Å². The Bertz CT molecular complexity index is 1100. The van der Waals surface area contributed by atoms with Gasteiger partial charge in [-0.15, -0.1) is 12.1 Å². The SMILES string of the molecule is [Cl][Pt+].[c-]1c2c(ccc3cccnc32)cc2ccc3cccnc3c12. The minimum atomic E-state index is 0.995. The van der Waals surface area contributed by atoms with Gasteiger partial charge in [-0.2, -0.15) is 0 Å². The van der Waals surface area contributed by atoms with Gasteiger partial charge in [-0.1, -0.05) is 57.9 Å². The second-order valence-electron chi connectivity index (χ2n) is 5.48. The van der Waals surface area contributed by atoms with Gasteiger partial charge in [0, 0.05) is 23.4 Å². The molecule has 24 heavy (non-hydrogen) atoms. The van der Waals surface area contributed by atoms with Crippen molar-refractivity contribution in [3.8, 4) is 0 Å². The van der Waals surface area contributed by atoms with Crippen molar-refractivity contribution in [1.29, 1.82) is 0 Å². The van der Waals surface area contributed by atoms with Crippen LogP contribution in [0.5, 0.6) is 0 Å². The van der Waals surface area contributed by atoms with Crippen molar-refractivity contribution in [2.24, 2.45) is 0 Å². The average molecular weight is 510 g/mol. The predicted octanol–water partition coefficient (Wildman–Crippen LogP) is 5.58. The molecule has 5 rings (SSSR count). The summed E-state index contributed by atoms with van der Waals surface area (Å²) in [6.07, 6.45) is 3.67. The van der Waals surface area contributed by atoms with Crippen molar-refractivity contribution in [2.45, 2.75) is 0 Å². The summed E-state index contributed by atoms with van der Waals surface area (Å²) in [5.41, 5.74) is 1.99. The molecule has 0 aliphatic rings. The monoisotopic (exact) mass is 509 g/mol. The van der Waals surface area contributed by atoms with E-state index in [2.05, 4.69) is 67.9 Å². The molecule has 2 nitrogen and oxygen atoms in total. The molecule has 0 aliphatic carbocycles. The van der Waals surface area contributed by atoms with Crippen LogP contribution in [0.15, 0.2) is 67.0 Å². The number of pyridine rings is 2. The summed E-state index contributed by atoms with van der Waals surface area (Å²) in [6, 6.07) is 22.4. The van der Waals surface area contributed by atoms with Gasteiger partial charge in [0.05, 0.1) is 0 Å². The average Bonchev–Trinajstić information content (AvgIpc) is 2.68. The quantitative estimate of drug-likeness (QED) is 0.155. The Balaban J connectivity index is 0.000000704. The molecule has 0 atom stereocenters. The Hall–Kier alpha value is -2.02. The smallest absolute Gasteiger partial charge is 0.0183 e. The number of hydrogen-bond acceptors (Lipinski definition) is 2.